The molecule has 0 amide bonds. The maximum Gasteiger partial charge on any atom is 0.303 e. The van der Waals surface area contributed by atoms with Crippen molar-refractivity contribution in [1.82, 2.24) is 0 Å². The van der Waals surface area contributed by atoms with Crippen LogP contribution in [-0.2, 0) is 19.1 Å². The summed E-state index contributed by atoms with van der Waals surface area (Å²) in [4.78, 5) is 23.0. The molecule has 0 aromatic heterocycles. The largest absolute Gasteiger partial charge is 0.453 e. The quantitative estimate of drug-likeness (QED) is 0.791. The molecule has 0 aliphatic carbocycles. The van der Waals surface area contributed by atoms with Gasteiger partial charge in [0.25, 0.3) is 0 Å². The molecule has 22 heavy (non-hydrogen) atoms. The van der Waals surface area contributed by atoms with Crippen LogP contribution < -0.4 is 0 Å². The Morgan fingerprint density at radius 1 is 0.682 bits per heavy atom. The molecule has 0 N–H and O–H groups in total. The van der Waals surface area contributed by atoms with Crippen LogP contribution in [0.15, 0.2) is 60.7 Å². The molecule has 4 heteroatoms. The lowest BCUT2D eigenvalue weighted by Crippen LogP contribution is -2.21. The maximum absolute atomic E-state index is 11.5. The van der Waals surface area contributed by atoms with E-state index >= 15 is 0 Å². The maximum atomic E-state index is 11.5. The highest BCUT2D eigenvalue weighted by atomic mass is 16.6. The molecule has 0 heterocycles. The summed E-state index contributed by atoms with van der Waals surface area (Å²) in [6, 6.07) is 18.5. The SMILES string of the molecule is CC(=O)OC(c1ccccc1)C(OC(C)=O)c1ccccc1. The van der Waals surface area contributed by atoms with Crippen LogP contribution >= 0.6 is 0 Å². The first kappa shape index (κ1) is 15.8. The van der Waals surface area contributed by atoms with Crippen molar-refractivity contribution in [3.63, 3.8) is 0 Å². The minimum Gasteiger partial charge on any atom is -0.453 e. The van der Waals surface area contributed by atoms with Gasteiger partial charge >= 0.3 is 11.9 Å². The molecule has 0 bridgehead atoms. The average molecular weight is 298 g/mol. The van der Waals surface area contributed by atoms with Gasteiger partial charge in [-0.15, -0.1) is 0 Å². The Balaban J connectivity index is 2.43. The van der Waals surface area contributed by atoms with Gasteiger partial charge in [0.2, 0.25) is 0 Å². The van der Waals surface area contributed by atoms with Crippen molar-refractivity contribution in [1.29, 1.82) is 0 Å². The van der Waals surface area contributed by atoms with E-state index < -0.39 is 24.1 Å². The van der Waals surface area contributed by atoms with Crippen molar-refractivity contribution in [3.8, 4) is 0 Å². The lowest BCUT2D eigenvalue weighted by atomic mass is 9.98. The Kier molecular flexibility index (Phi) is 5.31. The first-order valence-corrected chi connectivity index (χ1v) is 7.02. The average Bonchev–Trinajstić information content (AvgIpc) is 2.52. The Morgan fingerprint density at radius 3 is 1.27 bits per heavy atom. The van der Waals surface area contributed by atoms with E-state index in [-0.39, 0.29) is 0 Å². The molecule has 2 unspecified atom stereocenters. The van der Waals surface area contributed by atoms with E-state index in [0.29, 0.717) is 0 Å². The molecule has 0 fully saturated rings. The predicted molar refractivity (Wildman–Crippen MR) is 81.9 cm³/mol. The summed E-state index contributed by atoms with van der Waals surface area (Å²) in [5.41, 5.74) is 1.54. The lowest BCUT2D eigenvalue weighted by molar-refractivity contribution is -0.166. The summed E-state index contributed by atoms with van der Waals surface area (Å²) in [6.07, 6.45) is -1.38. The number of rotatable bonds is 5. The Labute approximate surface area is 129 Å². The molecule has 0 aliphatic heterocycles. The first-order valence-electron chi connectivity index (χ1n) is 7.02. The van der Waals surface area contributed by atoms with Crippen molar-refractivity contribution in [3.05, 3.63) is 71.8 Å². The fraction of sp³-hybridized carbons (Fsp3) is 0.222. The third-order valence-electron chi connectivity index (χ3n) is 3.12. The topological polar surface area (TPSA) is 52.6 Å². The number of carbonyl (C=O) groups excluding carboxylic acids is 2. The molecular formula is C18H18O4. The molecule has 2 aromatic carbocycles. The van der Waals surface area contributed by atoms with E-state index in [2.05, 4.69) is 0 Å². The van der Waals surface area contributed by atoms with E-state index in [0.717, 1.165) is 11.1 Å². The van der Waals surface area contributed by atoms with Gasteiger partial charge in [-0.3, -0.25) is 9.59 Å². The normalized spacial score (nSPS) is 13.0. The van der Waals surface area contributed by atoms with Crippen LogP contribution in [0.2, 0.25) is 0 Å². The smallest absolute Gasteiger partial charge is 0.303 e. The van der Waals surface area contributed by atoms with E-state index in [1.54, 1.807) is 0 Å². The monoisotopic (exact) mass is 298 g/mol. The summed E-state index contributed by atoms with van der Waals surface area (Å²) >= 11 is 0. The second kappa shape index (κ2) is 7.41. The molecule has 0 radical (unpaired) electrons. The summed E-state index contributed by atoms with van der Waals surface area (Å²) < 4.78 is 10.9. The number of hydrogen-bond acceptors (Lipinski definition) is 4. The molecule has 2 aromatic rings. The van der Waals surface area contributed by atoms with Crippen LogP contribution in [0, 0.1) is 0 Å². The van der Waals surface area contributed by atoms with E-state index in [1.807, 2.05) is 60.7 Å². The number of hydrogen-bond donors (Lipinski definition) is 0. The summed E-state index contributed by atoms with van der Waals surface area (Å²) in [5, 5.41) is 0. The van der Waals surface area contributed by atoms with Crippen molar-refractivity contribution in [2.75, 3.05) is 0 Å². The van der Waals surface area contributed by atoms with Gasteiger partial charge < -0.3 is 9.47 Å². The van der Waals surface area contributed by atoms with Gasteiger partial charge in [-0.1, -0.05) is 60.7 Å². The summed E-state index contributed by atoms with van der Waals surface area (Å²) in [5.74, 6) is -0.858. The van der Waals surface area contributed by atoms with Crippen molar-refractivity contribution in [2.45, 2.75) is 26.1 Å². The predicted octanol–water partition coefficient (Wildman–Crippen LogP) is 3.60. The second-order valence-electron chi connectivity index (χ2n) is 4.88. The Bertz CT molecular complexity index is 565. The zero-order chi connectivity index (χ0) is 15.9. The minimum atomic E-state index is -0.690. The van der Waals surface area contributed by atoms with Gasteiger partial charge in [-0.05, 0) is 11.1 Å². The highest BCUT2D eigenvalue weighted by Crippen LogP contribution is 2.35. The van der Waals surface area contributed by atoms with Gasteiger partial charge in [0, 0.05) is 13.8 Å². The van der Waals surface area contributed by atoms with Crippen LogP contribution in [0.1, 0.15) is 37.2 Å². The van der Waals surface area contributed by atoms with Gasteiger partial charge in [0.1, 0.15) is 0 Å². The molecule has 0 spiro atoms. The van der Waals surface area contributed by atoms with Gasteiger partial charge in [-0.2, -0.15) is 0 Å². The Hall–Kier alpha value is -2.62. The fourth-order valence-electron chi connectivity index (χ4n) is 2.25. The van der Waals surface area contributed by atoms with E-state index in [1.165, 1.54) is 13.8 Å². The summed E-state index contributed by atoms with van der Waals surface area (Å²) in [7, 11) is 0. The molecule has 0 saturated carbocycles. The first-order chi connectivity index (χ1) is 10.6. The van der Waals surface area contributed by atoms with Crippen LogP contribution in [0.5, 0.6) is 0 Å². The van der Waals surface area contributed by atoms with Crippen molar-refractivity contribution in [2.24, 2.45) is 0 Å². The highest BCUT2D eigenvalue weighted by molar-refractivity contribution is 5.67. The zero-order valence-corrected chi connectivity index (χ0v) is 12.6. The molecule has 0 aliphatic rings. The van der Waals surface area contributed by atoms with Crippen molar-refractivity contribution < 1.29 is 19.1 Å². The molecule has 4 nitrogen and oxygen atoms in total. The van der Waals surface area contributed by atoms with Gasteiger partial charge in [-0.25, -0.2) is 0 Å². The molecule has 2 rings (SSSR count). The van der Waals surface area contributed by atoms with Crippen LogP contribution in [0.3, 0.4) is 0 Å². The Morgan fingerprint density at radius 2 is 1.00 bits per heavy atom. The molecule has 0 saturated heterocycles. The highest BCUT2D eigenvalue weighted by Gasteiger charge is 2.30. The second-order valence-corrected chi connectivity index (χ2v) is 4.88. The number of esters is 2. The lowest BCUT2D eigenvalue weighted by Gasteiger charge is -2.27. The molecule has 2 atom stereocenters. The van der Waals surface area contributed by atoms with Crippen molar-refractivity contribution >= 4 is 11.9 Å². The van der Waals surface area contributed by atoms with Gasteiger partial charge in [0.15, 0.2) is 12.2 Å². The van der Waals surface area contributed by atoms with E-state index in [4.69, 9.17) is 9.47 Å². The van der Waals surface area contributed by atoms with E-state index in [9.17, 15) is 9.59 Å². The standard InChI is InChI=1S/C18H18O4/c1-13(19)21-17(15-9-5-3-6-10-15)18(22-14(2)20)16-11-7-4-8-12-16/h3-12,17-18H,1-2H3. The molecule has 114 valence electrons. The summed E-state index contributed by atoms with van der Waals surface area (Å²) in [6.45, 7) is 2.68. The fourth-order valence-corrected chi connectivity index (χ4v) is 2.25. The zero-order valence-electron chi connectivity index (χ0n) is 12.6. The van der Waals surface area contributed by atoms with Crippen LogP contribution in [-0.4, -0.2) is 11.9 Å². The van der Waals surface area contributed by atoms with Gasteiger partial charge in [0.05, 0.1) is 0 Å². The van der Waals surface area contributed by atoms with Crippen LogP contribution in [0.4, 0.5) is 0 Å². The number of ether oxygens (including phenoxy) is 2. The van der Waals surface area contributed by atoms with Crippen LogP contribution in [0.25, 0.3) is 0 Å². The third-order valence-corrected chi connectivity index (χ3v) is 3.12. The number of carbonyl (C=O) groups is 2. The minimum absolute atomic E-state index is 0.429. The third kappa shape index (κ3) is 4.19. The molecular weight excluding hydrogens is 280 g/mol. The number of benzene rings is 2.